The number of ether oxygens (including phenoxy) is 1. The lowest BCUT2D eigenvalue weighted by atomic mass is 9.85. The van der Waals surface area contributed by atoms with Crippen LogP contribution in [0.5, 0.6) is 5.75 Å². The number of benzene rings is 1. The molecule has 1 aliphatic rings. The van der Waals surface area contributed by atoms with E-state index in [4.69, 9.17) is 17.0 Å². The summed E-state index contributed by atoms with van der Waals surface area (Å²) in [5.74, 6) is 1.32. The van der Waals surface area contributed by atoms with Crippen molar-refractivity contribution in [1.82, 2.24) is 0 Å². The molecule has 1 unspecified atom stereocenters. The summed E-state index contributed by atoms with van der Waals surface area (Å²) in [5, 5.41) is 13.2. The van der Waals surface area contributed by atoms with Gasteiger partial charge < -0.3 is 10.1 Å². The van der Waals surface area contributed by atoms with Gasteiger partial charge in [-0.25, -0.2) is 0 Å². The maximum Gasteiger partial charge on any atom is 0.225 e. The second-order valence-electron chi connectivity index (χ2n) is 7.78. The Hall–Kier alpha value is -2.23. The Morgan fingerprint density at radius 3 is 2.90 bits per heavy atom. The topological polar surface area (TPSA) is 62.1 Å². The van der Waals surface area contributed by atoms with Gasteiger partial charge in [-0.05, 0) is 68.2 Å². The molecule has 152 valence electrons. The van der Waals surface area contributed by atoms with E-state index in [9.17, 15) is 10.1 Å². The van der Waals surface area contributed by atoms with E-state index in [0.717, 1.165) is 45.5 Å². The first kappa shape index (κ1) is 21.5. The summed E-state index contributed by atoms with van der Waals surface area (Å²) in [6, 6.07) is 8.35. The lowest BCUT2D eigenvalue weighted by molar-refractivity contribution is -0.116. The molecule has 1 heterocycles. The Balaban J connectivity index is 1.60. The van der Waals surface area contributed by atoms with Crippen molar-refractivity contribution in [3.63, 3.8) is 0 Å². The standard InChI is InChI=1S/C23H26N2O2S2/c1-14-7-9-20(16(3)11-14)27-10-4-5-21(26)25-22-19(13-24)17-8-6-15(2)12-18(17)23(28)29-22/h7,9,11,15H,4-6,8,10,12H2,1-3H3,(H,25,26). The fraction of sp³-hybridized carbons (Fsp3) is 0.435. The molecule has 3 rings (SSSR count). The fourth-order valence-electron chi connectivity index (χ4n) is 3.71. The normalized spacial score (nSPS) is 15.3. The van der Waals surface area contributed by atoms with E-state index in [2.05, 4.69) is 24.4 Å². The van der Waals surface area contributed by atoms with Crippen molar-refractivity contribution in [3.8, 4) is 11.8 Å². The molecule has 4 nitrogen and oxygen atoms in total. The number of carbonyl (C=O) groups is 1. The van der Waals surface area contributed by atoms with Crippen LogP contribution in [0.4, 0.5) is 5.00 Å². The van der Waals surface area contributed by atoms with Crippen molar-refractivity contribution in [2.75, 3.05) is 11.9 Å². The zero-order valence-corrected chi connectivity index (χ0v) is 18.8. The van der Waals surface area contributed by atoms with E-state index in [1.165, 1.54) is 16.9 Å². The van der Waals surface area contributed by atoms with Crippen LogP contribution in [0, 0.1) is 34.9 Å². The summed E-state index contributed by atoms with van der Waals surface area (Å²) in [6.45, 7) is 6.75. The summed E-state index contributed by atoms with van der Waals surface area (Å²) in [4.78, 5) is 12.4. The number of nitriles is 1. The minimum Gasteiger partial charge on any atom is -0.493 e. The molecule has 29 heavy (non-hydrogen) atoms. The van der Waals surface area contributed by atoms with Crippen molar-refractivity contribution >= 4 is 34.5 Å². The number of amides is 1. The second-order valence-corrected chi connectivity index (χ2v) is 9.47. The van der Waals surface area contributed by atoms with Gasteiger partial charge in [0.15, 0.2) is 0 Å². The molecule has 0 saturated heterocycles. The zero-order valence-electron chi connectivity index (χ0n) is 17.1. The SMILES string of the molecule is Cc1ccc(OCCCC(=O)Nc2sc(=S)c3c(c2C#N)CCC(C)C3)c(C)c1. The van der Waals surface area contributed by atoms with E-state index >= 15 is 0 Å². The fourth-order valence-corrected chi connectivity index (χ4v) is 5.12. The van der Waals surface area contributed by atoms with E-state index in [1.807, 2.05) is 26.0 Å². The number of nitrogens with one attached hydrogen (secondary N) is 1. The number of hydrogen-bond donors (Lipinski definition) is 1. The van der Waals surface area contributed by atoms with E-state index in [1.54, 1.807) is 0 Å². The second kappa shape index (κ2) is 9.51. The number of hydrogen-bond acceptors (Lipinski definition) is 5. The molecule has 0 aliphatic heterocycles. The van der Waals surface area contributed by atoms with Crippen LogP contribution in [0.2, 0.25) is 0 Å². The summed E-state index contributed by atoms with van der Waals surface area (Å²) in [6.07, 6.45) is 3.76. The number of aryl methyl sites for hydroxylation is 2. The van der Waals surface area contributed by atoms with Crippen molar-refractivity contribution < 1.29 is 9.53 Å². The van der Waals surface area contributed by atoms with Crippen LogP contribution in [-0.4, -0.2) is 12.5 Å². The molecule has 1 N–H and O–H groups in total. The first-order chi connectivity index (χ1) is 13.9. The highest BCUT2D eigenvalue weighted by Gasteiger charge is 2.23. The third kappa shape index (κ3) is 5.23. The molecule has 0 spiro atoms. The van der Waals surface area contributed by atoms with Crippen molar-refractivity contribution in [1.29, 1.82) is 5.26 Å². The van der Waals surface area contributed by atoms with Crippen LogP contribution in [0.3, 0.4) is 0 Å². The number of fused-ring (bicyclic) bond motifs is 1. The van der Waals surface area contributed by atoms with Crippen LogP contribution < -0.4 is 10.1 Å². The number of rotatable bonds is 6. The van der Waals surface area contributed by atoms with Crippen molar-refractivity contribution in [2.45, 2.75) is 52.9 Å². The van der Waals surface area contributed by atoms with Crippen LogP contribution in [0.15, 0.2) is 18.2 Å². The lowest BCUT2D eigenvalue weighted by Crippen LogP contribution is -2.17. The minimum absolute atomic E-state index is 0.111. The van der Waals surface area contributed by atoms with Gasteiger partial charge in [0, 0.05) is 6.42 Å². The lowest BCUT2D eigenvalue weighted by Gasteiger charge is -2.23. The maximum atomic E-state index is 12.4. The van der Waals surface area contributed by atoms with Gasteiger partial charge in [-0.15, -0.1) is 11.3 Å². The largest absolute Gasteiger partial charge is 0.493 e. The molecule has 0 bridgehead atoms. The van der Waals surface area contributed by atoms with Crippen molar-refractivity contribution in [3.05, 3.63) is 49.8 Å². The zero-order chi connectivity index (χ0) is 21.0. The van der Waals surface area contributed by atoms with Gasteiger partial charge in [0.25, 0.3) is 0 Å². The van der Waals surface area contributed by atoms with Crippen LogP contribution >= 0.6 is 23.6 Å². The molecule has 0 fully saturated rings. The van der Waals surface area contributed by atoms with Crippen LogP contribution in [0.25, 0.3) is 0 Å². The third-order valence-corrected chi connectivity index (χ3v) is 6.71. The van der Waals surface area contributed by atoms with Gasteiger partial charge in [0.05, 0.1) is 16.0 Å². The third-order valence-electron chi connectivity index (χ3n) is 5.27. The average molecular weight is 427 g/mol. The highest BCUT2D eigenvalue weighted by atomic mass is 32.1. The van der Waals surface area contributed by atoms with Crippen molar-refractivity contribution in [2.24, 2.45) is 5.92 Å². The summed E-state index contributed by atoms with van der Waals surface area (Å²) < 4.78 is 6.59. The van der Waals surface area contributed by atoms with Crippen LogP contribution in [-0.2, 0) is 17.6 Å². The first-order valence-corrected chi connectivity index (χ1v) is 11.2. The Kier molecular flexibility index (Phi) is 7.05. The molecule has 1 aromatic heterocycles. The highest BCUT2D eigenvalue weighted by Crippen LogP contribution is 2.36. The molecule has 2 aromatic rings. The predicted octanol–water partition coefficient (Wildman–Crippen LogP) is 5.89. The molecular weight excluding hydrogens is 400 g/mol. The van der Waals surface area contributed by atoms with E-state index < -0.39 is 0 Å². The van der Waals surface area contributed by atoms with Gasteiger partial charge in [0.1, 0.15) is 16.8 Å². The van der Waals surface area contributed by atoms with Crippen LogP contribution in [0.1, 0.15) is 54.0 Å². The van der Waals surface area contributed by atoms with Gasteiger partial charge in [-0.1, -0.05) is 36.8 Å². The Labute approximate surface area is 181 Å². The summed E-state index contributed by atoms with van der Waals surface area (Å²) in [7, 11) is 0. The monoisotopic (exact) mass is 426 g/mol. The van der Waals surface area contributed by atoms with Gasteiger partial charge in [0.2, 0.25) is 5.91 Å². The van der Waals surface area contributed by atoms with Gasteiger partial charge in [-0.2, -0.15) is 5.26 Å². The van der Waals surface area contributed by atoms with E-state index in [0.29, 0.717) is 35.9 Å². The maximum absolute atomic E-state index is 12.4. The smallest absolute Gasteiger partial charge is 0.225 e. The summed E-state index contributed by atoms with van der Waals surface area (Å²) >= 11 is 6.90. The number of nitrogens with zero attached hydrogens (tertiary/aromatic N) is 1. The Morgan fingerprint density at radius 1 is 1.38 bits per heavy atom. The molecule has 0 saturated carbocycles. The Bertz CT molecular complexity index is 1020. The predicted molar refractivity (Wildman–Crippen MR) is 120 cm³/mol. The van der Waals surface area contributed by atoms with Gasteiger partial charge in [-0.3, -0.25) is 4.79 Å². The molecular formula is C23H26N2O2S2. The molecule has 1 atom stereocenters. The minimum atomic E-state index is -0.111. The quantitative estimate of drug-likeness (QED) is 0.462. The van der Waals surface area contributed by atoms with E-state index in [-0.39, 0.29) is 5.91 Å². The molecule has 1 amide bonds. The first-order valence-electron chi connectivity index (χ1n) is 9.98. The highest BCUT2D eigenvalue weighted by molar-refractivity contribution is 7.73. The number of carbonyl (C=O) groups excluding carboxylic acids is 1. The molecule has 1 aromatic carbocycles. The number of anilines is 1. The van der Waals surface area contributed by atoms with Gasteiger partial charge >= 0.3 is 0 Å². The molecule has 0 radical (unpaired) electrons. The molecule has 6 heteroatoms. The Morgan fingerprint density at radius 2 is 2.17 bits per heavy atom. The summed E-state index contributed by atoms with van der Waals surface area (Å²) in [5.41, 5.74) is 5.04. The molecule has 1 aliphatic carbocycles. The average Bonchev–Trinajstić information content (AvgIpc) is 2.67.